The van der Waals surface area contributed by atoms with Crippen molar-refractivity contribution in [2.75, 3.05) is 0 Å². The van der Waals surface area contributed by atoms with Crippen molar-refractivity contribution in [2.45, 2.75) is 115 Å². The fourth-order valence-corrected chi connectivity index (χ4v) is 6.69. The Bertz CT molecular complexity index is 460. The average Bonchev–Trinajstić information content (AvgIpc) is 2.94. The summed E-state index contributed by atoms with van der Waals surface area (Å²) in [4.78, 5) is 0. The van der Waals surface area contributed by atoms with Gasteiger partial charge < -0.3 is 0 Å². The van der Waals surface area contributed by atoms with Crippen molar-refractivity contribution in [3.63, 3.8) is 0 Å². The quantitative estimate of drug-likeness (QED) is 0.498. The lowest BCUT2D eigenvalue weighted by molar-refractivity contribution is -0.254. The molecule has 3 fully saturated rings. The van der Waals surface area contributed by atoms with Gasteiger partial charge in [-0.05, 0) is 63.2 Å². The van der Waals surface area contributed by atoms with Crippen LogP contribution in [0.25, 0.3) is 0 Å². The molecule has 0 nitrogen and oxygen atoms in total. The summed E-state index contributed by atoms with van der Waals surface area (Å²) in [7, 11) is 0. The van der Waals surface area contributed by atoms with Crippen molar-refractivity contribution >= 4 is 0 Å². The predicted octanol–water partition coefficient (Wildman–Crippen LogP) is 7.11. The van der Waals surface area contributed by atoms with Crippen molar-refractivity contribution < 1.29 is 13.2 Å². The fourth-order valence-electron chi connectivity index (χ4n) is 6.69. The molecule has 0 aromatic rings. The zero-order valence-electron chi connectivity index (χ0n) is 15.8. The molecule has 3 aliphatic rings. The van der Waals surface area contributed by atoms with Gasteiger partial charge in [-0.1, -0.05) is 46.5 Å². The van der Waals surface area contributed by atoms with Crippen LogP contribution in [-0.2, 0) is 0 Å². The molecule has 3 rings (SSSR count). The van der Waals surface area contributed by atoms with Crippen LogP contribution in [0, 0.1) is 17.3 Å². The van der Waals surface area contributed by atoms with Crippen LogP contribution in [0.3, 0.4) is 0 Å². The number of alkyl halides is 3. The second-order valence-corrected chi connectivity index (χ2v) is 9.02. The van der Waals surface area contributed by atoms with Crippen LogP contribution in [0.5, 0.6) is 0 Å². The van der Waals surface area contributed by atoms with Gasteiger partial charge in [-0.25, -0.2) is 13.2 Å². The minimum Gasteiger partial charge on any atom is -0.243 e. The van der Waals surface area contributed by atoms with Crippen molar-refractivity contribution in [2.24, 2.45) is 17.3 Å². The normalized spacial score (nSPS) is 44.8. The van der Waals surface area contributed by atoms with Crippen LogP contribution in [0.4, 0.5) is 13.2 Å². The maximum Gasteiger partial charge on any atom is 0.125 e. The molecule has 24 heavy (non-hydrogen) atoms. The Hall–Kier alpha value is -0.210. The summed E-state index contributed by atoms with van der Waals surface area (Å²) in [6, 6.07) is 0. The van der Waals surface area contributed by atoms with E-state index in [2.05, 4.69) is 0 Å². The van der Waals surface area contributed by atoms with Gasteiger partial charge in [0.2, 0.25) is 0 Å². The van der Waals surface area contributed by atoms with Crippen LogP contribution in [-0.4, -0.2) is 17.0 Å². The number of rotatable bonds is 5. The molecular formula is C21H35F3. The summed E-state index contributed by atoms with van der Waals surface area (Å²) in [5, 5.41) is 0. The first-order valence-electron chi connectivity index (χ1n) is 10.4. The van der Waals surface area contributed by atoms with E-state index >= 15 is 13.2 Å². The average molecular weight is 345 g/mol. The second-order valence-electron chi connectivity index (χ2n) is 9.02. The van der Waals surface area contributed by atoms with Gasteiger partial charge in [0, 0.05) is 0 Å². The van der Waals surface area contributed by atoms with Gasteiger partial charge in [0.15, 0.2) is 0 Å². The van der Waals surface area contributed by atoms with Crippen molar-refractivity contribution in [1.82, 2.24) is 0 Å². The van der Waals surface area contributed by atoms with E-state index in [0.717, 1.165) is 38.5 Å². The highest BCUT2D eigenvalue weighted by Gasteiger charge is 2.76. The summed E-state index contributed by atoms with van der Waals surface area (Å²) in [5.41, 5.74) is -6.57. The maximum atomic E-state index is 16.7. The lowest BCUT2D eigenvalue weighted by Crippen LogP contribution is -2.71. The van der Waals surface area contributed by atoms with E-state index in [1.165, 1.54) is 0 Å². The molecule has 0 aromatic carbocycles. The Morgan fingerprint density at radius 2 is 1.25 bits per heavy atom. The van der Waals surface area contributed by atoms with Crippen molar-refractivity contribution in [3.8, 4) is 0 Å². The standard InChI is InChI=1S/C21H35F3/c1-4-16-10-6-7-14-20(16,23)18(3,19(22)12-9-13-19)21(24)15-8-11-17(21)5-2/h16-17H,4-15H2,1-3H3. The molecule has 0 radical (unpaired) electrons. The highest BCUT2D eigenvalue weighted by atomic mass is 19.2. The molecule has 5 atom stereocenters. The van der Waals surface area contributed by atoms with E-state index in [9.17, 15) is 0 Å². The van der Waals surface area contributed by atoms with E-state index in [1.54, 1.807) is 6.92 Å². The third kappa shape index (κ3) is 2.18. The topological polar surface area (TPSA) is 0 Å². The van der Waals surface area contributed by atoms with Crippen molar-refractivity contribution in [3.05, 3.63) is 0 Å². The molecule has 3 heteroatoms. The van der Waals surface area contributed by atoms with Gasteiger partial charge in [0.1, 0.15) is 17.0 Å². The summed E-state index contributed by atoms with van der Waals surface area (Å²) < 4.78 is 49.4. The van der Waals surface area contributed by atoms with Crippen LogP contribution < -0.4 is 0 Å². The third-order valence-corrected chi connectivity index (χ3v) is 8.42. The number of hydrogen-bond acceptors (Lipinski definition) is 0. The highest BCUT2D eigenvalue weighted by molar-refractivity contribution is 5.23. The Labute approximate surface area is 146 Å². The molecule has 0 amide bonds. The minimum absolute atomic E-state index is 0.192. The molecule has 3 aliphatic carbocycles. The Morgan fingerprint density at radius 1 is 0.750 bits per heavy atom. The first kappa shape index (κ1) is 18.6. The molecule has 0 aromatic heterocycles. The number of halogens is 3. The van der Waals surface area contributed by atoms with Gasteiger partial charge in [-0.3, -0.25) is 0 Å². The molecule has 140 valence electrons. The lowest BCUT2D eigenvalue weighted by Gasteiger charge is -2.63. The summed E-state index contributed by atoms with van der Waals surface area (Å²) in [6.45, 7) is 5.65. The molecule has 0 saturated heterocycles. The molecule has 0 heterocycles. The predicted molar refractivity (Wildman–Crippen MR) is 93.4 cm³/mol. The van der Waals surface area contributed by atoms with Crippen LogP contribution in [0.2, 0.25) is 0 Å². The van der Waals surface area contributed by atoms with E-state index < -0.39 is 22.4 Å². The monoisotopic (exact) mass is 344 g/mol. The molecule has 0 N–H and O–H groups in total. The van der Waals surface area contributed by atoms with E-state index in [0.29, 0.717) is 38.5 Å². The summed E-state index contributed by atoms with van der Waals surface area (Å²) in [6.07, 6.45) is 7.62. The number of hydrogen-bond donors (Lipinski definition) is 0. The first-order chi connectivity index (χ1) is 11.3. The molecular weight excluding hydrogens is 309 g/mol. The zero-order chi connectivity index (χ0) is 17.6. The molecule has 0 spiro atoms. The third-order valence-electron chi connectivity index (χ3n) is 8.42. The van der Waals surface area contributed by atoms with Crippen LogP contribution in [0.15, 0.2) is 0 Å². The van der Waals surface area contributed by atoms with Gasteiger partial charge >= 0.3 is 0 Å². The minimum atomic E-state index is -1.71. The SMILES string of the molecule is CCC1CCCCC1(F)C(C)(C1(F)CCC1)C1(F)CCCC1CC. The van der Waals surface area contributed by atoms with E-state index in [-0.39, 0.29) is 11.8 Å². The van der Waals surface area contributed by atoms with Crippen LogP contribution >= 0.6 is 0 Å². The smallest absolute Gasteiger partial charge is 0.125 e. The zero-order valence-corrected chi connectivity index (χ0v) is 15.8. The largest absolute Gasteiger partial charge is 0.243 e. The molecule has 3 saturated carbocycles. The summed E-state index contributed by atoms with van der Waals surface area (Å²) in [5.74, 6) is -0.391. The molecule has 0 aliphatic heterocycles. The Kier molecular flexibility index (Phi) is 4.80. The fraction of sp³-hybridized carbons (Fsp3) is 1.00. The maximum absolute atomic E-state index is 16.7. The molecule has 0 bridgehead atoms. The van der Waals surface area contributed by atoms with E-state index in [4.69, 9.17) is 0 Å². The lowest BCUT2D eigenvalue weighted by atomic mass is 9.45. The van der Waals surface area contributed by atoms with Gasteiger partial charge in [0.05, 0.1) is 5.41 Å². The van der Waals surface area contributed by atoms with Gasteiger partial charge in [-0.2, -0.15) is 0 Å². The summed E-state index contributed by atoms with van der Waals surface area (Å²) >= 11 is 0. The van der Waals surface area contributed by atoms with E-state index in [1.807, 2.05) is 13.8 Å². The molecule has 5 unspecified atom stereocenters. The highest BCUT2D eigenvalue weighted by Crippen LogP contribution is 2.70. The van der Waals surface area contributed by atoms with Crippen LogP contribution in [0.1, 0.15) is 97.8 Å². The Morgan fingerprint density at radius 3 is 1.71 bits per heavy atom. The second kappa shape index (κ2) is 6.20. The first-order valence-corrected chi connectivity index (χ1v) is 10.4. The van der Waals surface area contributed by atoms with Crippen molar-refractivity contribution in [1.29, 1.82) is 0 Å². The van der Waals surface area contributed by atoms with Gasteiger partial charge in [-0.15, -0.1) is 0 Å². The van der Waals surface area contributed by atoms with Gasteiger partial charge in [0.25, 0.3) is 0 Å². The Balaban J connectivity index is 2.13.